The van der Waals surface area contributed by atoms with E-state index < -0.39 is 0 Å². The number of hydrogen-bond acceptors (Lipinski definition) is 5. The molecule has 0 radical (unpaired) electrons. The molecule has 0 atom stereocenters. The van der Waals surface area contributed by atoms with Gasteiger partial charge in [0.05, 0.1) is 6.21 Å². The molecule has 8 heteroatoms. The number of anilines is 1. The van der Waals surface area contributed by atoms with Gasteiger partial charge >= 0.3 is 0 Å². The summed E-state index contributed by atoms with van der Waals surface area (Å²) < 4.78 is 13.8. The number of nitrogens with one attached hydrogen (secondary N) is 2. The second-order valence-electron chi connectivity index (χ2n) is 4.81. The Balaban J connectivity index is 1.52. The second-order valence-corrected chi connectivity index (χ2v) is 6.66. The molecule has 1 heterocycles. The van der Waals surface area contributed by atoms with E-state index in [0.717, 1.165) is 15.6 Å². The molecule has 2 aromatic carbocycles. The van der Waals surface area contributed by atoms with Gasteiger partial charge in [0.15, 0.2) is 0 Å². The Kier molecular flexibility index (Phi) is 5.60. The quantitative estimate of drug-likeness (QED) is 0.361. The van der Waals surface area contributed by atoms with E-state index in [0.29, 0.717) is 16.9 Å². The summed E-state index contributed by atoms with van der Waals surface area (Å²) in [6.07, 6.45) is 1.69. The first-order chi connectivity index (χ1) is 11.7. The lowest BCUT2D eigenvalue weighted by molar-refractivity contribution is 0.627. The van der Waals surface area contributed by atoms with Gasteiger partial charge < -0.3 is 0 Å². The fraction of sp³-hybridized carbons (Fsp3) is 0.0625. The molecule has 3 rings (SSSR count). The smallest absolute Gasteiger partial charge is 0.240 e. The number of H-pyrrole nitrogens is 1. The molecule has 0 amide bonds. The molecule has 0 bridgehead atoms. The summed E-state index contributed by atoms with van der Waals surface area (Å²) in [5, 5.41) is 11.6. The summed E-state index contributed by atoms with van der Waals surface area (Å²) in [6, 6.07) is 14.2. The van der Waals surface area contributed by atoms with Gasteiger partial charge in [0, 0.05) is 10.2 Å². The van der Waals surface area contributed by atoms with Crippen LogP contribution < -0.4 is 5.43 Å². The summed E-state index contributed by atoms with van der Waals surface area (Å²) in [5.74, 6) is 0.887. The molecule has 0 aliphatic heterocycles. The van der Waals surface area contributed by atoms with Gasteiger partial charge in [-0.05, 0) is 35.4 Å². The molecule has 2 N–H and O–H groups in total. The van der Waals surface area contributed by atoms with Gasteiger partial charge in [-0.3, -0.25) is 0 Å². The van der Waals surface area contributed by atoms with Crippen LogP contribution in [0.2, 0.25) is 0 Å². The minimum atomic E-state index is -0.239. The van der Waals surface area contributed by atoms with Gasteiger partial charge in [-0.1, -0.05) is 52.0 Å². The van der Waals surface area contributed by atoms with E-state index in [4.69, 9.17) is 0 Å². The van der Waals surface area contributed by atoms with E-state index in [9.17, 15) is 4.39 Å². The number of halogens is 2. The van der Waals surface area contributed by atoms with Crippen molar-refractivity contribution in [1.29, 1.82) is 0 Å². The second kappa shape index (κ2) is 8.07. The summed E-state index contributed by atoms with van der Waals surface area (Å²) >= 11 is 4.87. The Morgan fingerprint density at radius 1 is 1.25 bits per heavy atom. The van der Waals surface area contributed by atoms with Crippen molar-refractivity contribution >= 4 is 39.9 Å². The Labute approximate surface area is 150 Å². The average molecular weight is 406 g/mol. The number of aromatic nitrogens is 3. The van der Waals surface area contributed by atoms with Gasteiger partial charge in [0.1, 0.15) is 5.82 Å². The number of rotatable bonds is 6. The van der Waals surface area contributed by atoms with E-state index in [2.05, 4.69) is 41.6 Å². The van der Waals surface area contributed by atoms with Crippen LogP contribution in [0.5, 0.6) is 0 Å². The number of benzene rings is 2. The number of nitrogens with zero attached hydrogens (tertiary/aromatic N) is 3. The van der Waals surface area contributed by atoms with E-state index in [1.807, 2.05) is 24.3 Å². The van der Waals surface area contributed by atoms with Crippen molar-refractivity contribution in [3.05, 3.63) is 69.9 Å². The van der Waals surface area contributed by atoms with Crippen LogP contribution >= 0.6 is 27.7 Å². The fourth-order valence-electron chi connectivity index (χ4n) is 1.84. The summed E-state index contributed by atoms with van der Waals surface area (Å²) in [5.41, 5.74) is 4.77. The first-order valence-electron chi connectivity index (χ1n) is 7.03. The zero-order valence-electron chi connectivity index (χ0n) is 12.4. The molecular weight excluding hydrogens is 393 g/mol. The highest BCUT2D eigenvalue weighted by Crippen LogP contribution is 2.20. The van der Waals surface area contributed by atoms with Crippen LogP contribution in [0.4, 0.5) is 10.3 Å². The Bertz CT molecular complexity index is 834. The van der Waals surface area contributed by atoms with Crippen molar-refractivity contribution in [3.63, 3.8) is 0 Å². The SMILES string of the molecule is Fc1ccc(CSc2n[nH]c(N/N=C\c3cccc(Br)c3)n2)cc1. The standard InChI is InChI=1S/C16H13BrFN5S/c17-13-3-1-2-12(8-13)9-19-21-15-20-16(23-22-15)24-10-11-4-6-14(18)7-5-11/h1-9H,10H2,(H2,20,21,22,23)/b19-9-. The van der Waals surface area contributed by atoms with Gasteiger partial charge in [0.2, 0.25) is 11.1 Å². The van der Waals surface area contributed by atoms with Gasteiger partial charge in [-0.15, -0.1) is 5.10 Å². The lowest BCUT2D eigenvalue weighted by Gasteiger charge is -1.97. The van der Waals surface area contributed by atoms with Crippen molar-refractivity contribution < 1.29 is 4.39 Å². The summed E-state index contributed by atoms with van der Waals surface area (Å²) in [6.45, 7) is 0. The van der Waals surface area contributed by atoms with Crippen molar-refractivity contribution in [2.45, 2.75) is 10.9 Å². The normalized spacial score (nSPS) is 11.1. The average Bonchev–Trinajstić information content (AvgIpc) is 3.02. The first-order valence-corrected chi connectivity index (χ1v) is 8.81. The maximum atomic E-state index is 12.9. The fourth-order valence-corrected chi connectivity index (χ4v) is 3.02. The lowest BCUT2D eigenvalue weighted by atomic mass is 10.2. The number of aromatic amines is 1. The van der Waals surface area contributed by atoms with E-state index in [1.165, 1.54) is 23.9 Å². The predicted octanol–water partition coefficient (Wildman–Crippen LogP) is 4.44. The molecule has 0 saturated heterocycles. The Morgan fingerprint density at radius 2 is 2.08 bits per heavy atom. The van der Waals surface area contributed by atoms with Gasteiger partial charge in [-0.2, -0.15) is 10.1 Å². The van der Waals surface area contributed by atoms with Crippen molar-refractivity contribution in [3.8, 4) is 0 Å². The number of thioether (sulfide) groups is 1. The third-order valence-corrected chi connectivity index (χ3v) is 4.39. The van der Waals surface area contributed by atoms with Crippen molar-refractivity contribution in [2.75, 3.05) is 5.43 Å². The molecule has 0 spiro atoms. The van der Waals surface area contributed by atoms with Crippen LogP contribution in [0, 0.1) is 5.82 Å². The van der Waals surface area contributed by atoms with Crippen LogP contribution in [-0.4, -0.2) is 21.4 Å². The highest BCUT2D eigenvalue weighted by Gasteiger charge is 2.04. The third kappa shape index (κ3) is 4.90. The van der Waals surface area contributed by atoms with Crippen LogP contribution in [0.3, 0.4) is 0 Å². The molecule has 0 aliphatic rings. The van der Waals surface area contributed by atoms with Crippen molar-refractivity contribution in [2.24, 2.45) is 5.10 Å². The summed E-state index contributed by atoms with van der Waals surface area (Å²) in [7, 11) is 0. The maximum absolute atomic E-state index is 12.9. The van der Waals surface area contributed by atoms with Gasteiger partial charge in [-0.25, -0.2) is 14.9 Å². The highest BCUT2D eigenvalue weighted by molar-refractivity contribution is 9.10. The van der Waals surface area contributed by atoms with E-state index in [1.54, 1.807) is 18.3 Å². The largest absolute Gasteiger partial charge is 0.246 e. The zero-order chi connectivity index (χ0) is 16.8. The Hall–Kier alpha value is -2.19. The third-order valence-electron chi connectivity index (χ3n) is 2.98. The highest BCUT2D eigenvalue weighted by atomic mass is 79.9. The number of hydrazone groups is 1. The molecule has 0 fully saturated rings. The van der Waals surface area contributed by atoms with Crippen LogP contribution in [0.25, 0.3) is 0 Å². The van der Waals surface area contributed by atoms with Crippen LogP contribution in [0.15, 0.2) is 63.3 Å². The predicted molar refractivity (Wildman–Crippen MR) is 97.7 cm³/mol. The first kappa shape index (κ1) is 16.7. The van der Waals surface area contributed by atoms with Gasteiger partial charge in [0.25, 0.3) is 0 Å². The molecule has 0 aliphatic carbocycles. The van der Waals surface area contributed by atoms with E-state index in [-0.39, 0.29) is 5.82 Å². The van der Waals surface area contributed by atoms with Crippen LogP contribution in [0.1, 0.15) is 11.1 Å². The lowest BCUT2D eigenvalue weighted by Crippen LogP contribution is -1.92. The molecule has 1 aromatic heterocycles. The number of hydrogen-bond donors (Lipinski definition) is 2. The minimum absolute atomic E-state index is 0.239. The molecule has 0 saturated carbocycles. The zero-order valence-corrected chi connectivity index (χ0v) is 14.8. The molecule has 122 valence electrons. The maximum Gasteiger partial charge on any atom is 0.240 e. The van der Waals surface area contributed by atoms with E-state index >= 15 is 0 Å². The Morgan fingerprint density at radius 3 is 2.88 bits per heavy atom. The topological polar surface area (TPSA) is 66.0 Å². The molecule has 5 nitrogen and oxygen atoms in total. The summed E-state index contributed by atoms with van der Waals surface area (Å²) in [4.78, 5) is 4.28. The molecule has 24 heavy (non-hydrogen) atoms. The molecular formula is C16H13BrFN5S. The van der Waals surface area contributed by atoms with Crippen molar-refractivity contribution in [1.82, 2.24) is 15.2 Å². The van der Waals surface area contributed by atoms with Crippen LogP contribution in [-0.2, 0) is 5.75 Å². The monoisotopic (exact) mass is 405 g/mol. The minimum Gasteiger partial charge on any atom is -0.246 e. The molecule has 0 unspecified atom stereocenters. The molecule has 3 aromatic rings.